The van der Waals surface area contributed by atoms with Gasteiger partial charge in [0.25, 0.3) is 5.89 Å². The van der Waals surface area contributed by atoms with E-state index in [4.69, 9.17) is 15.0 Å². The monoisotopic (exact) mass is 278 g/mol. The molecule has 100 valence electrons. The van der Waals surface area contributed by atoms with Gasteiger partial charge in [-0.25, -0.2) is 0 Å². The van der Waals surface area contributed by atoms with Crippen molar-refractivity contribution >= 4 is 11.8 Å². The van der Waals surface area contributed by atoms with E-state index >= 15 is 0 Å². The average molecular weight is 278 g/mol. The predicted octanol–water partition coefficient (Wildman–Crippen LogP) is 1.39. The quantitative estimate of drug-likeness (QED) is 0.907. The molecule has 1 atom stereocenters. The first-order chi connectivity index (χ1) is 9.36. The lowest BCUT2D eigenvalue weighted by Gasteiger charge is -2.18. The summed E-state index contributed by atoms with van der Waals surface area (Å²) in [6, 6.07) is 3.68. The first kappa shape index (κ1) is 12.6. The second-order valence-electron chi connectivity index (χ2n) is 4.13. The number of hydrogen-bond acceptors (Lipinski definition) is 7. The molecule has 0 spiro atoms. The summed E-state index contributed by atoms with van der Waals surface area (Å²) < 4.78 is 10.9. The van der Waals surface area contributed by atoms with Crippen LogP contribution in [0.1, 0.15) is 17.6 Å². The van der Waals surface area contributed by atoms with Crippen LogP contribution in [-0.4, -0.2) is 33.2 Å². The van der Waals surface area contributed by atoms with Gasteiger partial charge in [0.15, 0.2) is 0 Å². The Balaban J connectivity index is 1.83. The summed E-state index contributed by atoms with van der Waals surface area (Å²) in [6.45, 7) is 1.11. The van der Waals surface area contributed by atoms with Gasteiger partial charge in [-0.2, -0.15) is 16.7 Å². The number of nitrogens with two attached hydrogens (primary N) is 1. The fourth-order valence-electron chi connectivity index (χ4n) is 1.84. The SMILES string of the molecule is NCc1cc(-c2nc(C3CSCCO3)no2)ccn1. The van der Waals surface area contributed by atoms with Gasteiger partial charge < -0.3 is 15.0 Å². The number of thioether (sulfide) groups is 1. The Morgan fingerprint density at radius 1 is 1.47 bits per heavy atom. The van der Waals surface area contributed by atoms with E-state index in [9.17, 15) is 0 Å². The van der Waals surface area contributed by atoms with Crippen molar-refractivity contribution < 1.29 is 9.26 Å². The zero-order chi connectivity index (χ0) is 13.1. The summed E-state index contributed by atoms with van der Waals surface area (Å²) in [7, 11) is 0. The van der Waals surface area contributed by atoms with Gasteiger partial charge in [0, 0.05) is 29.8 Å². The molecule has 1 saturated heterocycles. The second kappa shape index (κ2) is 5.68. The van der Waals surface area contributed by atoms with Crippen LogP contribution in [0.5, 0.6) is 0 Å². The zero-order valence-corrected chi connectivity index (χ0v) is 11.1. The van der Waals surface area contributed by atoms with Crippen LogP contribution in [0, 0.1) is 0 Å². The van der Waals surface area contributed by atoms with E-state index < -0.39 is 0 Å². The van der Waals surface area contributed by atoms with Gasteiger partial charge in [-0.15, -0.1) is 0 Å². The van der Waals surface area contributed by atoms with E-state index in [1.54, 1.807) is 6.20 Å². The normalized spacial score (nSPS) is 19.5. The van der Waals surface area contributed by atoms with Crippen molar-refractivity contribution in [2.24, 2.45) is 5.73 Å². The Kier molecular flexibility index (Phi) is 3.77. The number of nitrogens with zero attached hydrogens (tertiary/aromatic N) is 3. The lowest BCUT2D eigenvalue weighted by molar-refractivity contribution is 0.0677. The van der Waals surface area contributed by atoms with Crippen molar-refractivity contribution in [3.63, 3.8) is 0 Å². The minimum absolute atomic E-state index is 0.0768. The number of pyridine rings is 1. The summed E-state index contributed by atoms with van der Waals surface area (Å²) in [6.07, 6.45) is 1.61. The topological polar surface area (TPSA) is 87.1 Å². The highest BCUT2D eigenvalue weighted by atomic mass is 32.2. The molecule has 19 heavy (non-hydrogen) atoms. The van der Waals surface area contributed by atoms with Crippen LogP contribution in [0.3, 0.4) is 0 Å². The summed E-state index contributed by atoms with van der Waals surface area (Å²) in [5, 5.41) is 4.00. The number of hydrogen-bond donors (Lipinski definition) is 1. The summed E-state index contributed by atoms with van der Waals surface area (Å²) >= 11 is 1.84. The molecule has 0 saturated carbocycles. The smallest absolute Gasteiger partial charge is 0.258 e. The van der Waals surface area contributed by atoms with Crippen molar-refractivity contribution in [1.29, 1.82) is 0 Å². The number of ether oxygens (including phenoxy) is 1. The summed E-state index contributed by atoms with van der Waals surface area (Å²) in [5.74, 6) is 2.97. The Morgan fingerprint density at radius 2 is 2.42 bits per heavy atom. The maximum Gasteiger partial charge on any atom is 0.258 e. The van der Waals surface area contributed by atoms with E-state index in [2.05, 4.69) is 15.1 Å². The fourth-order valence-corrected chi connectivity index (χ4v) is 2.68. The Hall–Kier alpha value is -1.44. The molecule has 3 rings (SSSR count). The molecule has 2 aromatic rings. The largest absolute Gasteiger partial charge is 0.368 e. The molecular weight excluding hydrogens is 264 g/mol. The summed E-state index contributed by atoms with van der Waals surface area (Å²) in [5.41, 5.74) is 7.19. The van der Waals surface area contributed by atoms with Crippen molar-refractivity contribution in [2.75, 3.05) is 18.1 Å². The fraction of sp³-hybridized carbons (Fsp3) is 0.417. The third kappa shape index (κ3) is 2.78. The van der Waals surface area contributed by atoms with Gasteiger partial charge in [0.05, 0.1) is 12.3 Å². The molecule has 1 aliphatic rings. The highest BCUT2D eigenvalue weighted by molar-refractivity contribution is 7.99. The van der Waals surface area contributed by atoms with Gasteiger partial charge in [-0.1, -0.05) is 5.16 Å². The van der Waals surface area contributed by atoms with Gasteiger partial charge in [0.1, 0.15) is 6.10 Å². The van der Waals surface area contributed by atoms with Crippen LogP contribution in [0.25, 0.3) is 11.5 Å². The number of rotatable bonds is 3. The first-order valence-electron chi connectivity index (χ1n) is 6.05. The van der Waals surface area contributed by atoms with Crippen LogP contribution >= 0.6 is 11.8 Å². The average Bonchev–Trinajstić information content (AvgIpc) is 2.98. The molecule has 2 aromatic heterocycles. The second-order valence-corrected chi connectivity index (χ2v) is 5.28. The van der Waals surface area contributed by atoms with E-state index in [1.165, 1.54) is 0 Å². The van der Waals surface area contributed by atoms with Crippen molar-refractivity contribution in [1.82, 2.24) is 15.1 Å². The first-order valence-corrected chi connectivity index (χ1v) is 7.20. The van der Waals surface area contributed by atoms with Crippen molar-refractivity contribution in [3.05, 3.63) is 29.8 Å². The Labute approximate surface area is 114 Å². The van der Waals surface area contributed by atoms with Crippen LogP contribution in [0.4, 0.5) is 0 Å². The Morgan fingerprint density at radius 3 is 3.21 bits per heavy atom. The molecule has 0 aliphatic carbocycles. The minimum atomic E-state index is -0.0768. The van der Waals surface area contributed by atoms with E-state index in [0.717, 1.165) is 29.4 Å². The predicted molar refractivity (Wildman–Crippen MR) is 71.4 cm³/mol. The molecule has 0 aromatic carbocycles. The lowest BCUT2D eigenvalue weighted by atomic mass is 10.2. The standard InChI is InChI=1S/C12H14N4O2S/c13-6-9-5-8(1-2-14-9)12-15-11(16-18-12)10-7-19-4-3-17-10/h1-2,5,10H,3-4,6-7,13H2. The van der Waals surface area contributed by atoms with Gasteiger partial charge >= 0.3 is 0 Å². The van der Waals surface area contributed by atoms with Crippen molar-refractivity contribution in [3.8, 4) is 11.5 Å². The van der Waals surface area contributed by atoms with Crippen LogP contribution in [-0.2, 0) is 11.3 Å². The maximum atomic E-state index is 5.62. The van der Waals surface area contributed by atoms with Gasteiger partial charge in [-0.05, 0) is 12.1 Å². The highest BCUT2D eigenvalue weighted by Crippen LogP contribution is 2.26. The van der Waals surface area contributed by atoms with E-state index in [1.807, 2.05) is 23.9 Å². The summed E-state index contributed by atoms with van der Waals surface area (Å²) in [4.78, 5) is 8.53. The third-order valence-electron chi connectivity index (χ3n) is 2.82. The Bertz CT molecular complexity index is 554. The molecule has 0 amide bonds. The molecular formula is C12H14N4O2S. The van der Waals surface area contributed by atoms with Gasteiger partial charge in [-0.3, -0.25) is 4.98 Å². The molecule has 1 unspecified atom stereocenters. The molecule has 1 fully saturated rings. The number of aromatic nitrogens is 3. The van der Waals surface area contributed by atoms with Crippen LogP contribution < -0.4 is 5.73 Å². The van der Waals surface area contributed by atoms with E-state index in [-0.39, 0.29) is 6.10 Å². The third-order valence-corrected chi connectivity index (χ3v) is 3.81. The lowest BCUT2D eigenvalue weighted by Crippen LogP contribution is -2.16. The molecule has 1 aliphatic heterocycles. The molecule has 6 nitrogen and oxygen atoms in total. The molecule has 3 heterocycles. The van der Waals surface area contributed by atoms with Gasteiger partial charge in [0.2, 0.25) is 5.82 Å². The maximum absolute atomic E-state index is 5.62. The molecule has 0 radical (unpaired) electrons. The molecule has 0 bridgehead atoms. The van der Waals surface area contributed by atoms with Crippen LogP contribution in [0.15, 0.2) is 22.9 Å². The minimum Gasteiger partial charge on any atom is -0.368 e. The van der Waals surface area contributed by atoms with E-state index in [0.29, 0.717) is 18.3 Å². The highest BCUT2D eigenvalue weighted by Gasteiger charge is 2.22. The van der Waals surface area contributed by atoms with Crippen LogP contribution in [0.2, 0.25) is 0 Å². The zero-order valence-electron chi connectivity index (χ0n) is 10.3. The van der Waals surface area contributed by atoms with Crippen molar-refractivity contribution in [2.45, 2.75) is 12.6 Å². The molecule has 2 N–H and O–H groups in total. The molecule has 7 heteroatoms.